The van der Waals surface area contributed by atoms with E-state index in [0.717, 1.165) is 60.2 Å². The maximum Gasteiger partial charge on any atom is 0.252 e. The first-order valence-corrected chi connectivity index (χ1v) is 11.7. The summed E-state index contributed by atoms with van der Waals surface area (Å²) in [6.07, 6.45) is 4.24. The largest absolute Gasteiger partial charge is 0.379 e. The summed E-state index contributed by atoms with van der Waals surface area (Å²) in [6.45, 7) is 7.06. The Labute approximate surface area is 204 Å². The van der Waals surface area contributed by atoms with Gasteiger partial charge in [-0.15, -0.1) is 12.4 Å². The summed E-state index contributed by atoms with van der Waals surface area (Å²) in [6, 6.07) is 13.7. The Morgan fingerprint density at radius 1 is 1.25 bits per heavy atom. The van der Waals surface area contributed by atoms with Crippen molar-refractivity contribution in [2.75, 3.05) is 44.3 Å². The molecule has 2 heterocycles. The number of benzene rings is 2. The van der Waals surface area contributed by atoms with Crippen LogP contribution in [0.3, 0.4) is 0 Å². The number of ether oxygens (including phenoxy) is 1. The quantitative estimate of drug-likeness (QED) is 0.412. The van der Waals surface area contributed by atoms with Gasteiger partial charge in [-0.05, 0) is 48.7 Å². The highest BCUT2D eigenvalue weighted by atomic mass is 35.5. The van der Waals surface area contributed by atoms with E-state index in [0.29, 0.717) is 11.6 Å². The average molecular weight is 492 g/mol. The molecule has 4 rings (SSSR count). The van der Waals surface area contributed by atoms with Crippen LogP contribution in [0.15, 0.2) is 48.5 Å². The molecule has 0 radical (unpaired) electrons. The zero-order valence-electron chi connectivity index (χ0n) is 18.0. The van der Waals surface area contributed by atoms with Gasteiger partial charge in [0.15, 0.2) is 5.13 Å². The molecule has 1 amide bonds. The number of hydrogen-bond acceptors (Lipinski definition) is 5. The summed E-state index contributed by atoms with van der Waals surface area (Å²) >= 11 is 7.80. The van der Waals surface area contributed by atoms with Crippen LogP contribution in [0.4, 0.5) is 5.13 Å². The van der Waals surface area contributed by atoms with Gasteiger partial charge >= 0.3 is 0 Å². The lowest BCUT2D eigenvalue weighted by Gasteiger charge is -2.27. The number of amides is 1. The second-order valence-corrected chi connectivity index (χ2v) is 9.04. The molecular formula is C24H27Cl2N3O2S. The summed E-state index contributed by atoms with van der Waals surface area (Å²) in [5.74, 6) is -0.0855. The first kappa shape index (κ1) is 24.7. The van der Waals surface area contributed by atoms with Crippen LogP contribution in [-0.4, -0.2) is 55.2 Å². The number of fused-ring (bicyclic) bond motifs is 1. The molecule has 170 valence electrons. The fraction of sp³-hybridized carbons (Fsp3) is 0.333. The number of morpholine rings is 1. The molecule has 8 heteroatoms. The van der Waals surface area contributed by atoms with Crippen molar-refractivity contribution in [1.29, 1.82) is 0 Å². The maximum atomic E-state index is 13.2. The SMILES string of the molecule is Cc1ccc2nc(N(CCCN3CCOCC3)C(=O)/C=C/c3ccccc3Cl)sc2c1.Cl. The first-order valence-electron chi connectivity index (χ1n) is 10.5. The van der Waals surface area contributed by atoms with E-state index in [9.17, 15) is 4.79 Å². The third-order valence-electron chi connectivity index (χ3n) is 5.30. The molecule has 5 nitrogen and oxygen atoms in total. The number of anilines is 1. The van der Waals surface area contributed by atoms with Gasteiger partial charge in [0.1, 0.15) is 0 Å². The molecule has 0 atom stereocenters. The molecule has 32 heavy (non-hydrogen) atoms. The van der Waals surface area contributed by atoms with Crippen LogP contribution in [0.1, 0.15) is 17.5 Å². The fourth-order valence-corrected chi connectivity index (χ4v) is 4.87. The van der Waals surface area contributed by atoms with Crippen molar-refractivity contribution in [2.45, 2.75) is 13.3 Å². The normalized spacial score (nSPS) is 14.6. The maximum absolute atomic E-state index is 13.2. The monoisotopic (exact) mass is 491 g/mol. The lowest BCUT2D eigenvalue weighted by molar-refractivity contribution is -0.114. The Kier molecular flexibility index (Phi) is 9.08. The number of nitrogens with zero attached hydrogens (tertiary/aromatic N) is 3. The first-order chi connectivity index (χ1) is 15.1. The van der Waals surface area contributed by atoms with Gasteiger partial charge in [-0.1, -0.05) is 47.2 Å². The van der Waals surface area contributed by atoms with Crippen molar-refractivity contribution in [3.05, 3.63) is 64.7 Å². The zero-order chi connectivity index (χ0) is 21.6. The molecular weight excluding hydrogens is 465 g/mol. The smallest absolute Gasteiger partial charge is 0.252 e. The molecule has 0 aliphatic carbocycles. The lowest BCUT2D eigenvalue weighted by atomic mass is 10.2. The second kappa shape index (κ2) is 11.8. The van der Waals surface area contributed by atoms with Crippen molar-refractivity contribution in [3.8, 4) is 0 Å². The molecule has 3 aromatic rings. The van der Waals surface area contributed by atoms with Crippen LogP contribution in [-0.2, 0) is 9.53 Å². The predicted molar refractivity (Wildman–Crippen MR) is 136 cm³/mol. The number of halogens is 2. The fourth-order valence-electron chi connectivity index (χ4n) is 3.57. The number of thiazole rings is 1. The standard InChI is InChI=1S/C24H26ClN3O2S.ClH/c1-18-7-9-21-22(17-18)31-24(26-21)28(12-4-11-27-13-15-30-16-14-27)23(29)10-8-19-5-2-3-6-20(19)25;/h2-3,5-10,17H,4,11-16H2,1H3;1H/b10-8+;. The van der Waals surface area contributed by atoms with Crippen molar-refractivity contribution in [1.82, 2.24) is 9.88 Å². The summed E-state index contributed by atoms with van der Waals surface area (Å²) in [4.78, 5) is 22.1. The molecule has 1 aliphatic heterocycles. The van der Waals surface area contributed by atoms with E-state index < -0.39 is 0 Å². The third-order valence-corrected chi connectivity index (χ3v) is 6.69. The topological polar surface area (TPSA) is 45.7 Å². The van der Waals surface area contributed by atoms with Crippen LogP contribution in [0.25, 0.3) is 16.3 Å². The van der Waals surface area contributed by atoms with E-state index in [1.807, 2.05) is 36.4 Å². The Bertz CT molecular complexity index is 1080. The van der Waals surface area contributed by atoms with Crippen molar-refractivity contribution < 1.29 is 9.53 Å². The van der Waals surface area contributed by atoms with Crippen molar-refractivity contribution >= 4 is 62.7 Å². The van der Waals surface area contributed by atoms with Crippen molar-refractivity contribution in [3.63, 3.8) is 0 Å². The van der Waals surface area contributed by atoms with Gasteiger partial charge in [0, 0.05) is 37.3 Å². The molecule has 0 spiro atoms. The van der Waals surface area contributed by atoms with Gasteiger partial charge in [0.05, 0.1) is 23.4 Å². The number of aromatic nitrogens is 1. The van der Waals surface area contributed by atoms with Crippen LogP contribution in [0, 0.1) is 6.92 Å². The van der Waals surface area contributed by atoms with Crippen molar-refractivity contribution in [2.24, 2.45) is 0 Å². The molecule has 1 aromatic heterocycles. The average Bonchev–Trinajstić information content (AvgIpc) is 3.19. The minimum absolute atomic E-state index is 0. The Balaban J connectivity index is 0.00000289. The van der Waals surface area contributed by atoms with E-state index >= 15 is 0 Å². The van der Waals surface area contributed by atoms with E-state index in [1.165, 1.54) is 5.56 Å². The van der Waals surface area contributed by atoms with Gasteiger partial charge in [-0.3, -0.25) is 14.6 Å². The minimum Gasteiger partial charge on any atom is -0.379 e. The van der Waals surface area contributed by atoms with E-state index in [-0.39, 0.29) is 18.3 Å². The Morgan fingerprint density at radius 3 is 2.81 bits per heavy atom. The summed E-state index contributed by atoms with van der Waals surface area (Å²) < 4.78 is 6.52. The van der Waals surface area contributed by atoms with Crippen LogP contribution in [0.2, 0.25) is 5.02 Å². The number of rotatable bonds is 7. The molecule has 0 unspecified atom stereocenters. The predicted octanol–water partition coefficient (Wildman–Crippen LogP) is 5.45. The molecule has 0 N–H and O–H groups in total. The summed E-state index contributed by atoms with van der Waals surface area (Å²) in [5, 5.41) is 1.36. The number of hydrogen-bond donors (Lipinski definition) is 0. The van der Waals surface area contributed by atoms with Crippen LogP contribution in [0.5, 0.6) is 0 Å². The molecule has 0 bridgehead atoms. The van der Waals surface area contributed by atoms with Gasteiger partial charge in [0.2, 0.25) is 0 Å². The molecule has 1 aliphatic rings. The van der Waals surface area contributed by atoms with E-state index in [4.69, 9.17) is 21.3 Å². The number of carbonyl (C=O) groups is 1. The van der Waals surface area contributed by atoms with Crippen LogP contribution < -0.4 is 4.90 Å². The zero-order valence-corrected chi connectivity index (χ0v) is 20.4. The summed E-state index contributed by atoms with van der Waals surface area (Å²) in [7, 11) is 0. The number of carbonyl (C=O) groups excluding carboxylic acids is 1. The summed E-state index contributed by atoms with van der Waals surface area (Å²) in [5.41, 5.74) is 2.93. The Morgan fingerprint density at radius 2 is 2.03 bits per heavy atom. The second-order valence-electron chi connectivity index (χ2n) is 7.62. The van der Waals surface area contributed by atoms with Gasteiger partial charge < -0.3 is 4.74 Å². The number of aryl methyl sites for hydroxylation is 1. The van der Waals surface area contributed by atoms with E-state index in [1.54, 1.807) is 28.4 Å². The highest BCUT2D eigenvalue weighted by Gasteiger charge is 2.19. The molecule has 0 saturated carbocycles. The van der Waals surface area contributed by atoms with Gasteiger partial charge in [-0.2, -0.15) is 0 Å². The Hall–Kier alpha value is -1.96. The molecule has 1 saturated heterocycles. The van der Waals surface area contributed by atoms with Gasteiger partial charge in [0.25, 0.3) is 5.91 Å². The van der Waals surface area contributed by atoms with Crippen LogP contribution >= 0.6 is 35.3 Å². The third kappa shape index (κ3) is 6.30. The minimum atomic E-state index is -0.0855. The highest BCUT2D eigenvalue weighted by molar-refractivity contribution is 7.22. The highest BCUT2D eigenvalue weighted by Crippen LogP contribution is 2.30. The molecule has 1 fully saturated rings. The van der Waals surface area contributed by atoms with E-state index in [2.05, 4.69) is 17.9 Å². The van der Waals surface area contributed by atoms with Gasteiger partial charge in [-0.25, -0.2) is 4.98 Å². The lowest BCUT2D eigenvalue weighted by Crippen LogP contribution is -2.39. The molecule has 2 aromatic carbocycles.